The summed E-state index contributed by atoms with van der Waals surface area (Å²) in [7, 11) is 1.50. The predicted octanol–water partition coefficient (Wildman–Crippen LogP) is 2.54. The van der Waals surface area contributed by atoms with Crippen LogP contribution in [-0.2, 0) is 16.1 Å². The lowest BCUT2D eigenvalue weighted by molar-refractivity contribution is -0.126. The molecule has 8 nitrogen and oxygen atoms in total. The van der Waals surface area contributed by atoms with Gasteiger partial charge in [-0.2, -0.15) is 0 Å². The number of nitrogens with one attached hydrogen (secondary N) is 2. The number of ether oxygens (including phenoxy) is 1. The lowest BCUT2D eigenvalue weighted by atomic mass is 10.1. The number of carboxylic acids is 1. The maximum absolute atomic E-state index is 12.1. The maximum atomic E-state index is 12.1. The average Bonchev–Trinajstić information content (AvgIpc) is 2.65. The number of aromatic carboxylic acids is 1. The zero-order chi connectivity index (χ0) is 18.9. The zero-order valence-electron chi connectivity index (χ0n) is 14.7. The van der Waals surface area contributed by atoms with Crippen molar-refractivity contribution in [1.82, 2.24) is 9.97 Å². The normalized spacial score (nSPS) is 11.6. The van der Waals surface area contributed by atoms with Crippen LogP contribution in [0.5, 0.6) is 0 Å². The smallest absolute Gasteiger partial charge is 0.335 e. The third kappa shape index (κ3) is 5.52. The second kappa shape index (κ2) is 9.47. The number of amides is 1. The van der Waals surface area contributed by atoms with E-state index in [9.17, 15) is 9.59 Å². The van der Waals surface area contributed by atoms with Crippen molar-refractivity contribution in [3.05, 3.63) is 47.8 Å². The van der Waals surface area contributed by atoms with Gasteiger partial charge >= 0.3 is 5.97 Å². The summed E-state index contributed by atoms with van der Waals surface area (Å²) < 4.78 is 5.17. The van der Waals surface area contributed by atoms with Crippen molar-refractivity contribution in [3.63, 3.8) is 0 Å². The van der Waals surface area contributed by atoms with Gasteiger partial charge in [0.25, 0.3) is 5.91 Å². The Labute approximate surface area is 151 Å². The van der Waals surface area contributed by atoms with E-state index in [-0.39, 0.29) is 11.5 Å². The molecule has 2 rings (SSSR count). The molecule has 0 saturated carbocycles. The van der Waals surface area contributed by atoms with Crippen molar-refractivity contribution in [3.8, 4) is 0 Å². The van der Waals surface area contributed by atoms with E-state index in [0.717, 1.165) is 12.0 Å². The van der Waals surface area contributed by atoms with Gasteiger partial charge in [0, 0.05) is 19.7 Å². The summed E-state index contributed by atoms with van der Waals surface area (Å²) >= 11 is 0. The number of hydrogen-bond acceptors (Lipinski definition) is 6. The van der Waals surface area contributed by atoms with E-state index in [4.69, 9.17) is 9.84 Å². The Kier molecular flexibility index (Phi) is 7.04. The Morgan fingerprint density at radius 3 is 2.50 bits per heavy atom. The van der Waals surface area contributed by atoms with Crippen molar-refractivity contribution in [2.24, 2.45) is 0 Å². The molecule has 3 N–H and O–H groups in total. The van der Waals surface area contributed by atoms with E-state index in [2.05, 4.69) is 20.6 Å². The molecule has 8 heteroatoms. The minimum Gasteiger partial charge on any atom is -0.478 e. The number of anilines is 2. The second-order valence-electron chi connectivity index (χ2n) is 5.65. The minimum absolute atomic E-state index is 0.237. The number of aromatic nitrogens is 2. The van der Waals surface area contributed by atoms with Crippen LogP contribution < -0.4 is 10.6 Å². The molecule has 0 aliphatic heterocycles. The number of hydrogen-bond donors (Lipinski definition) is 3. The monoisotopic (exact) mass is 358 g/mol. The third-order valence-electron chi connectivity index (χ3n) is 3.72. The van der Waals surface area contributed by atoms with Crippen LogP contribution >= 0.6 is 0 Å². The zero-order valence-corrected chi connectivity index (χ0v) is 14.7. The Bertz CT molecular complexity index is 749. The van der Waals surface area contributed by atoms with Crippen LogP contribution in [0.4, 0.5) is 11.6 Å². The van der Waals surface area contributed by atoms with Crippen LogP contribution in [0.15, 0.2) is 36.7 Å². The topological polar surface area (TPSA) is 113 Å². The fourth-order valence-corrected chi connectivity index (χ4v) is 2.31. The summed E-state index contributed by atoms with van der Waals surface area (Å²) in [5.74, 6) is -0.282. The summed E-state index contributed by atoms with van der Waals surface area (Å²) in [6.07, 6.45) is 2.31. The van der Waals surface area contributed by atoms with Crippen molar-refractivity contribution >= 4 is 23.5 Å². The van der Waals surface area contributed by atoms with Crippen LogP contribution in [0.25, 0.3) is 0 Å². The highest BCUT2D eigenvalue weighted by Crippen LogP contribution is 2.13. The molecule has 1 atom stereocenters. The largest absolute Gasteiger partial charge is 0.478 e. The van der Waals surface area contributed by atoms with Gasteiger partial charge in [-0.15, -0.1) is 0 Å². The molecule has 1 unspecified atom stereocenters. The summed E-state index contributed by atoms with van der Waals surface area (Å²) in [6.45, 7) is 2.44. The summed E-state index contributed by atoms with van der Waals surface area (Å²) in [5, 5.41) is 14.7. The molecule has 0 spiro atoms. The maximum Gasteiger partial charge on any atom is 0.335 e. The van der Waals surface area contributed by atoms with Crippen LogP contribution in [0, 0.1) is 0 Å². The molecular weight excluding hydrogens is 336 g/mol. The molecule has 0 radical (unpaired) electrons. The molecule has 0 fully saturated rings. The van der Waals surface area contributed by atoms with Gasteiger partial charge in [-0.1, -0.05) is 25.5 Å². The molecule has 1 aromatic heterocycles. The number of nitrogens with zero attached hydrogens (tertiary/aromatic N) is 2. The first-order chi connectivity index (χ1) is 12.5. The molecule has 1 heterocycles. The van der Waals surface area contributed by atoms with Crippen molar-refractivity contribution < 1.29 is 19.4 Å². The Morgan fingerprint density at radius 1 is 1.19 bits per heavy atom. The van der Waals surface area contributed by atoms with E-state index in [0.29, 0.717) is 24.6 Å². The van der Waals surface area contributed by atoms with Gasteiger partial charge in [-0.3, -0.25) is 4.79 Å². The number of benzene rings is 1. The van der Waals surface area contributed by atoms with Crippen LogP contribution in [0.3, 0.4) is 0 Å². The van der Waals surface area contributed by atoms with Crippen molar-refractivity contribution in [2.45, 2.75) is 32.4 Å². The number of carbonyl (C=O) groups is 2. The molecule has 0 aliphatic carbocycles. The Hall–Kier alpha value is -3.00. The van der Waals surface area contributed by atoms with E-state index in [1.54, 1.807) is 30.3 Å². The van der Waals surface area contributed by atoms with Gasteiger partial charge < -0.3 is 20.5 Å². The van der Waals surface area contributed by atoms with E-state index < -0.39 is 12.1 Å². The predicted molar refractivity (Wildman–Crippen MR) is 97.1 cm³/mol. The first-order valence-corrected chi connectivity index (χ1v) is 8.25. The van der Waals surface area contributed by atoms with Crippen molar-refractivity contribution in [2.75, 3.05) is 17.7 Å². The average molecular weight is 358 g/mol. The van der Waals surface area contributed by atoms with Gasteiger partial charge in [-0.05, 0) is 24.1 Å². The molecule has 26 heavy (non-hydrogen) atoms. The van der Waals surface area contributed by atoms with E-state index in [1.165, 1.54) is 13.4 Å². The fraction of sp³-hybridized carbons (Fsp3) is 0.333. The quantitative estimate of drug-likeness (QED) is 0.631. The first kappa shape index (κ1) is 19.3. The van der Waals surface area contributed by atoms with Gasteiger partial charge in [0.15, 0.2) is 0 Å². The van der Waals surface area contributed by atoms with Gasteiger partial charge in [0.2, 0.25) is 0 Å². The van der Waals surface area contributed by atoms with Crippen LogP contribution in [0.1, 0.15) is 35.7 Å². The molecule has 138 valence electrons. The van der Waals surface area contributed by atoms with Crippen LogP contribution in [0.2, 0.25) is 0 Å². The lowest BCUT2D eigenvalue weighted by Crippen LogP contribution is -2.29. The molecule has 2 aromatic rings. The number of carbonyl (C=O) groups excluding carboxylic acids is 1. The Balaban J connectivity index is 1.96. The highest BCUT2D eigenvalue weighted by atomic mass is 16.5. The third-order valence-corrected chi connectivity index (χ3v) is 3.72. The standard InChI is InChI=1S/C18H22N4O4/c1-3-4-14(26-2)17(23)22-16-9-15(20-11-21-16)19-10-12-5-7-13(8-6-12)18(24)25/h5-9,11,14H,3-4,10H2,1-2H3,(H,24,25)(H2,19,20,21,22,23). The van der Waals surface area contributed by atoms with E-state index >= 15 is 0 Å². The molecule has 0 saturated heterocycles. The molecule has 1 aromatic carbocycles. The van der Waals surface area contributed by atoms with Crippen LogP contribution in [-0.4, -0.2) is 40.2 Å². The number of carboxylic acid groups (broad SMARTS) is 1. The summed E-state index contributed by atoms with van der Waals surface area (Å²) in [5.41, 5.74) is 1.14. The second-order valence-corrected chi connectivity index (χ2v) is 5.65. The van der Waals surface area contributed by atoms with Gasteiger partial charge in [0.05, 0.1) is 5.56 Å². The molecule has 0 aliphatic rings. The highest BCUT2D eigenvalue weighted by Gasteiger charge is 2.17. The molecule has 1 amide bonds. The van der Waals surface area contributed by atoms with E-state index in [1.807, 2.05) is 6.92 Å². The van der Waals surface area contributed by atoms with Crippen molar-refractivity contribution in [1.29, 1.82) is 0 Å². The fourth-order valence-electron chi connectivity index (χ4n) is 2.31. The SMILES string of the molecule is CCCC(OC)C(=O)Nc1cc(NCc2ccc(C(=O)O)cc2)ncn1. The first-order valence-electron chi connectivity index (χ1n) is 8.25. The number of rotatable bonds is 9. The summed E-state index contributed by atoms with van der Waals surface area (Å²) in [6, 6.07) is 8.18. The molecule has 0 bridgehead atoms. The van der Waals surface area contributed by atoms with Gasteiger partial charge in [0.1, 0.15) is 24.1 Å². The molecular formula is C18H22N4O4. The van der Waals surface area contributed by atoms with Gasteiger partial charge in [-0.25, -0.2) is 14.8 Å². The summed E-state index contributed by atoms with van der Waals surface area (Å²) in [4.78, 5) is 31.1. The Morgan fingerprint density at radius 2 is 1.88 bits per heavy atom. The minimum atomic E-state index is -0.960. The number of methoxy groups -OCH3 is 1. The lowest BCUT2D eigenvalue weighted by Gasteiger charge is -2.14. The highest BCUT2D eigenvalue weighted by molar-refractivity contribution is 5.93.